The second kappa shape index (κ2) is 4.75. The molecule has 0 heterocycles. The molecular weight excluding hydrogens is 251 g/mol. The van der Waals surface area contributed by atoms with Crippen molar-refractivity contribution in [3.8, 4) is 0 Å². The van der Waals surface area contributed by atoms with Crippen LogP contribution in [-0.2, 0) is 9.59 Å². The van der Waals surface area contributed by atoms with Crippen molar-refractivity contribution in [1.29, 1.82) is 0 Å². The van der Waals surface area contributed by atoms with Crippen molar-refractivity contribution in [2.75, 3.05) is 11.0 Å². The summed E-state index contributed by atoms with van der Waals surface area (Å²) in [5.41, 5.74) is 0. The summed E-state index contributed by atoms with van der Waals surface area (Å²) in [6.07, 6.45) is -1.54. The highest BCUT2D eigenvalue weighted by molar-refractivity contribution is 14.1. The van der Waals surface area contributed by atoms with Gasteiger partial charge in [0.1, 0.15) is 6.10 Å². The van der Waals surface area contributed by atoms with Crippen LogP contribution >= 0.6 is 22.6 Å². The highest BCUT2D eigenvalue weighted by Gasteiger charge is 2.20. The summed E-state index contributed by atoms with van der Waals surface area (Å²) in [5.74, 6) is -1.58. The summed E-state index contributed by atoms with van der Waals surface area (Å²) in [6, 6.07) is 0. The predicted molar refractivity (Wildman–Crippen MR) is 42.0 cm³/mol. The summed E-state index contributed by atoms with van der Waals surface area (Å²) in [5, 5.41) is 16.8. The van der Waals surface area contributed by atoms with E-state index in [1.54, 1.807) is 22.6 Å². The van der Waals surface area contributed by atoms with Crippen LogP contribution in [0.2, 0.25) is 0 Å². The molecule has 1 atom stereocenters. The maximum atomic E-state index is 10.5. The second-order valence-electron chi connectivity index (χ2n) is 1.62. The van der Waals surface area contributed by atoms with Crippen molar-refractivity contribution in [1.82, 2.24) is 0 Å². The number of rotatable bonds is 4. The lowest BCUT2D eigenvalue weighted by Crippen LogP contribution is -2.31. The summed E-state index contributed by atoms with van der Waals surface area (Å²) < 4.78 is 0.0354. The van der Waals surface area contributed by atoms with Gasteiger partial charge in [-0.25, -0.2) is 0 Å². The molecule has 10 heavy (non-hydrogen) atoms. The van der Waals surface area contributed by atoms with Crippen molar-refractivity contribution in [3.63, 3.8) is 0 Å². The smallest absolute Gasteiger partial charge is 0.229 e. The van der Waals surface area contributed by atoms with E-state index >= 15 is 0 Å². The molecule has 4 nitrogen and oxygen atoms in total. The van der Waals surface area contributed by atoms with Crippen LogP contribution in [0.5, 0.6) is 0 Å². The number of alkyl halides is 1. The van der Waals surface area contributed by atoms with Crippen molar-refractivity contribution in [2.45, 2.75) is 6.10 Å². The van der Waals surface area contributed by atoms with E-state index in [9.17, 15) is 9.59 Å². The topological polar surface area (TPSA) is 74.6 Å². The molecule has 0 fully saturated rings. The Hall–Kier alpha value is -0.0100. The Morgan fingerprint density at radius 2 is 2.00 bits per heavy atom. The molecule has 0 aromatic heterocycles. The van der Waals surface area contributed by atoms with Crippen LogP contribution < -0.4 is 0 Å². The minimum Gasteiger partial charge on any atom is -0.393 e. The fraction of sp³-hybridized carbons (Fsp3) is 0.600. The van der Waals surface area contributed by atoms with Gasteiger partial charge in [-0.2, -0.15) is 0 Å². The molecule has 0 bridgehead atoms. The SMILES string of the molecule is O=C(CI)C(=O)C(O)CO. The van der Waals surface area contributed by atoms with E-state index in [0.717, 1.165) is 0 Å². The molecule has 0 aromatic carbocycles. The lowest BCUT2D eigenvalue weighted by atomic mass is 10.2. The first-order valence-corrected chi connectivity index (χ1v) is 4.08. The zero-order chi connectivity index (χ0) is 8.15. The zero-order valence-corrected chi connectivity index (χ0v) is 7.24. The highest BCUT2D eigenvalue weighted by Crippen LogP contribution is 1.90. The van der Waals surface area contributed by atoms with Gasteiger partial charge in [0.05, 0.1) is 11.0 Å². The molecule has 0 aliphatic rings. The van der Waals surface area contributed by atoms with E-state index in [1.807, 2.05) is 0 Å². The maximum Gasteiger partial charge on any atom is 0.229 e. The Labute approximate surface area is 71.4 Å². The lowest BCUT2D eigenvalue weighted by molar-refractivity contribution is -0.141. The summed E-state index contributed by atoms with van der Waals surface area (Å²) in [4.78, 5) is 21.0. The molecule has 0 saturated heterocycles. The van der Waals surface area contributed by atoms with E-state index in [0.29, 0.717) is 0 Å². The van der Waals surface area contributed by atoms with Gasteiger partial charge in [0, 0.05) is 0 Å². The van der Waals surface area contributed by atoms with E-state index in [2.05, 4.69) is 0 Å². The predicted octanol–water partition coefficient (Wildman–Crippen LogP) is -1.09. The quantitative estimate of drug-likeness (QED) is 0.382. The summed E-state index contributed by atoms with van der Waals surface area (Å²) >= 11 is 1.72. The third kappa shape index (κ3) is 2.72. The number of carbonyl (C=O) groups is 2. The van der Waals surface area contributed by atoms with Crippen LogP contribution in [0.3, 0.4) is 0 Å². The number of hydrogen-bond acceptors (Lipinski definition) is 4. The Morgan fingerprint density at radius 1 is 1.50 bits per heavy atom. The van der Waals surface area contributed by atoms with E-state index in [1.165, 1.54) is 0 Å². The molecule has 2 N–H and O–H groups in total. The normalized spacial score (nSPS) is 12.7. The van der Waals surface area contributed by atoms with Gasteiger partial charge in [-0.3, -0.25) is 9.59 Å². The molecule has 0 amide bonds. The molecule has 58 valence electrons. The van der Waals surface area contributed by atoms with Crippen molar-refractivity contribution >= 4 is 34.2 Å². The fourth-order valence-corrected chi connectivity index (χ4v) is 0.710. The molecule has 0 aromatic rings. The summed E-state index contributed by atoms with van der Waals surface area (Å²) in [6.45, 7) is -0.693. The summed E-state index contributed by atoms with van der Waals surface area (Å²) in [7, 11) is 0. The van der Waals surface area contributed by atoms with Crippen LogP contribution in [0, 0.1) is 0 Å². The van der Waals surface area contributed by atoms with Gasteiger partial charge in [-0.1, -0.05) is 22.6 Å². The average Bonchev–Trinajstić information content (AvgIpc) is 2.00. The second-order valence-corrected chi connectivity index (χ2v) is 2.38. The molecule has 0 aliphatic carbocycles. The third-order valence-corrected chi connectivity index (χ3v) is 1.56. The van der Waals surface area contributed by atoms with E-state index in [4.69, 9.17) is 10.2 Å². The maximum absolute atomic E-state index is 10.5. The Bertz CT molecular complexity index is 145. The monoisotopic (exact) mass is 258 g/mol. The molecule has 0 rings (SSSR count). The van der Waals surface area contributed by atoms with Gasteiger partial charge in [0.15, 0.2) is 0 Å². The van der Waals surface area contributed by atoms with Gasteiger partial charge in [-0.05, 0) is 0 Å². The first kappa shape index (κ1) is 9.99. The minimum absolute atomic E-state index is 0.0354. The molecule has 5 heteroatoms. The zero-order valence-electron chi connectivity index (χ0n) is 5.08. The van der Waals surface area contributed by atoms with Crippen LogP contribution in [0.4, 0.5) is 0 Å². The molecule has 1 unspecified atom stereocenters. The average molecular weight is 258 g/mol. The Balaban J connectivity index is 3.95. The van der Waals surface area contributed by atoms with Crippen LogP contribution in [0.25, 0.3) is 0 Å². The molecular formula is C5H7IO4. The number of halogens is 1. The molecule has 0 aliphatic heterocycles. The number of ketones is 2. The standard InChI is InChI=1S/C5H7IO4/c6-1-3(8)5(10)4(9)2-7/h4,7,9H,1-2H2. The lowest BCUT2D eigenvalue weighted by Gasteiger charge is -2.01. The Kier molecular flexibility index (Phi) is 4.75. The van der Waals surface area contributed by atoms with E-state index in [-0.39, 0.29) is 4.43 Å². The molecule has 0 radical (unpaired) electrons. The number of carbonyl (C=O) groups excluding carboxylic acids is 2. The number of Topliss-reactive ketones (excluding diaryl/α,β-unsaturated/α-hetero) is 2. The number of hydrogen-bond donors (Lipinski definition) is 2. The fourth-order valence-electron chi connectivity index (χ4n) is 0.335. The van der Waals surface area contributed by atoms with Gasteiger partial charge in [0.2, 0.25) is 11.6 Å². The third-order valence-electron chi connectivity index (χ3n) is 0.872. The minimum atomic E-state index is -1.54. The number of aliphatic hydroxyl groups excluding tert-OH is 2. The molecule has 0 saturated carbocycles. The van der Waals surface area contributed by atoms with Crippen LogP contribution in [0.15, 0.2) is 0 Å². The van der Waals surface area contributed by atoms with Crippen LogP contribution in [0.1, 0.15) is 0 Å². The largest absolute Gasteiger partial charge is 0.393 e. The Morgan fingerprint density at radius 3 is 2.30 bits per heavy atom. The van der Waals surface area contributed by atoms with Crippen molar-refractivity contribution in [3.05, 3.63) is 0 Å². The van der Waals surface area contributed by atoms with Crippen molar-refractivity contribution < 1.29 is 19.8 Å². The van der Waals surface area contributed by atoms with Gasteiger partial charge in [0.25, 0.3) is 0 Å². The van der Waals surface area contributed by atoms with Gasteiger partial charge < -0.3 is 10.2 Å². The first-order valence-electron chi connectivity index (χ1n) is 2.55. The van der Waals surface area contributed by atoms with Crippen LogP contribution in [-0.4, -0.2) is 38.9 Å². The number of aliphatic hydroxyl groups is 2. The van der Waals surface area contributed by atoms with Crippen molar-refractivity contribution in [2.24, 2.45) is 0 Å². The van der Waals surface area contributed by atoms with E-state index < -0.39 is 24.3 Å². The first-order chi connectivity index (χ1) is 4.63. The molecule has 0 spiro atoms. The highest BCUT2D eigenvalue weighted by atomic mass is 127. The van der Waals surface area contributed by atoms with Gasteiger partial charge in [-0.15, -0.1) is 0 Å². The van der Waals surface area contributed by atoms with Gasteiger partial charge >= 0.3 is 0 Å².